The first-order valence-electron chi connectivity index (χ1n) is 22.5. The summed E-state index contributed by atoms with van der Waals surface area (Å²) in [6, 6.07) is 7.50. The molecule has 2 N–H and O–H groups in total. The fourth-order valence-corrected chi connectivity index (χ4v) is 7.34. The molecule has 318 valence electrons. The summed E-state index contributed by atoms with van der Waals surface area (Å²) in [7, 11) is 0. The van der Waals surface area contributed by atoms with Crippen LogP contribution in [0.3, 0.4) is 0 Å². The minimum absolute atomic E-state index is 0.267. The number of benzene rings is 2. The number of allylic oxidation sites excluding steroid dienone is 18. The predicted octanol–water partition coefficient (Wildman–Crippen LogP) is 17.9. The van der Waals surface area contributed by atoms with Gasteiger partial charge >= 0.3 is 0 Å². The van der Waals surface area contributed by atoms with Crippen LogP contribution < -0.4 is 0 Å². The Bertz CT molecular complexity index is 1850. The van der Waals surface area contributed by atoms with E-state index in [-0.39, 0.29) is 11.5 Å². The van der Waals surface area contributed by atoms with Gasteiger partial charge < -0.3 is 10.2 Å². The molecule has 0 unspecified atom stereocenters. The second-order valence-corrected chi connectivity index (χ2v) is 17.5. The van der Waals surface area contributed by atoms with Gasteiger partial charge in [-0.2, -0.15) is 0 Å². The van der Waals surface area contributed by atoms with Crippen molar-refractivity contribution in [1.29, 1.82) is 0 Å². The van der Waals surface area contributed by atoms with Gasteiger partial charge in [0.25, 0.3) is 0 Å². The first kappa shape index (κ1) is 50.1. The average Bonchev–Trinajstić information content (AvgIpc) is 3.17. The van der Waals surface area contributed by atoms with Crippen molar-refractivity contribution in [2.45, 2.75) is 185 Å². The summed E-state index contributed by atoms with van der Waals surface area (Å²) < 4.78 is 0. The molecule has 2 nitrogen and oxygen atoms in total. The zero-order valence-electron chi connectivity index (χ0n) is 38.9. The van der Waals surface area contributed by atoms with Gasteiger partial charge in [-0.15, -0.1) is 0 Å². The summed E-state index contributed by atoms with van der Waals surface area (Å²) in [5.74, 6) is 0.548. The lowest BCUT2D eigenvalue weighted by Crippen LogP contribution is -1.92. The Morgan fingerprint density at radius 2 is 0.638 bits per heavy atom. The molecule has 58 heavy (non-hydrogen) atoms. The molecule has 2 rings (SSSR count). The van der Waals surface area contributed by atoms with Gasteiger partial charge in [0.15, 0.2) is 0 Å². The Kier molecular flexibility index (Phi) is 24.5. The number of hydrogen-bond donors (Lipinski definition) is 2. The highest BCUT2D eigenvalue weighted by atomic mass is 16.3. The molecule has 0 atom stereocenters. The van der Waals surface area contributed by atoms with Crippen LogP contribution in [0.4, 0.5) is 0 Å². The van der Waals surface area contributed by atoms with Gasteiger partial charge in [0.1, 0.15) is 11.5 Å². The van der Waals surface area contributed by atoms with Crippen LogP contribution in [0.25, 0.3) is 10.8 Å². The van der Waals surface area contributed by atoms with Crippen LogP contribution in [-0.4, -0.2) is 10.2 Å². The minimum Gasteiger partial charge on any atom is -0.507 e. The Hall–Kier alpha value is -4.04. The highest BCUT2D eigenvalue weighted by molar-refractivity contribution is 5.95. The molecule has 2 heteroatoms. The first-order chi connectivity index (χ1) is 27.7. The van der Waals surface area contributed by atoms with Crippen molar-refractivity contribution >= 4 is 10.8 Å². The summed E-state index contributed by atoms with van der Waals surface area (Å²) in [6.07, 6.45) is 40.3. The molecule has 0 saturated heterocycles. The molecular formula is C56H82O2. The van der Waals surface area contributed by atoms with E-state index < -0.39 is 0 Å². The van der Waals surface area contributed by atoms with E-state index in [4.69, 9.17) is 0 Å². The monoisotopic (exact) mass is 787 g/mol. The van der Waals surface area contributed by atoms with Crippen LogP contribution in [-0.2, 0) is 6.42 Å². The molecule has 0 aliphatic rings. The third-order valence-electron chi connectivity index (χ3n) is 11.5. The van der Waals surface area contributed by atoms with Crippen molar-refractivity contribution in [3.05, 3.63) is 140 Å². The third-order valence-corrected chi connectivity index (χ3v) is 11.5. The summed E-state index contributed by atoms with van der Waals surface area (Å²) in [6.45, 7) is 24.4. The van der Waals surface area contributed by atoms with Crippen molar-refractivity contribution in [1.82, 2.24) is 0 Å². The van der Waals surface area contributed by atoms with Crippen LogP contribution in [0.15, 0.2) is 129 Å². The topological polar surface area (TPSA) is 40.5 Å². The molecular weight excluding hydrogens is 705 g/mol. The van der Waals surface area contributed by atoms with Gasteiger partial charge in [0.05, 0.1) is 0 Å². The van der Waals surface area contributed by atoms with Gasteiger partial charge in [-0.1, -0.05) is 129 Å². The summed E-state index contributed by atoms with van der Waals surface area (Å²) in [5, 5.41) is 23.0. The second kappa shape index (κ2) is 28.4. The highest BCUT2D eigenvalue weighted by Crippen LogP contribution is 2.39. The number of phenolic OH excluding ortho intramolecular Hbond substituents is 2. The molecule has 0 aromatic heterocycles. The van der Waals surface area contributed by atoms with Crippen molar-refractivity contribution < 1.29 is 10.2 Å². The Morgan fingerprint density at radius 1 is 0.379 bits per heavy atom. The van der Waals surface area contributed by atoms with Crippen LogP contribution in [0.1, 0.15) is 183 Å². The molecule has 0 heterocycles. The molecule has 0 aliphatic carbocycles. The van der Waals surface area contributed by atoms with Crippen LogP contribution >= 0.6 is 0 Å². The maximum absolute atomic E-state index is 10.9. The second-order valence-electron chi connectivity index (χ2n) is 17.5. The summed E-state index contributed by atoms with van der Waals surface area (Å²) in [5.41, 5.74) is 14.8. The zero-order chi connectivity index (χ0) is 42.9. The summed E-state index contributed by atoms with van der Waals surface area (Å²) >= 11 is 0. The lowest BCUT2D eigenvalue weighted by atomic mass is 9.95. The smallest absolute Gasteiger partial charge is 0.127 e. The fraction of sp³-hybridized carbons (Fsp3) is 0.500. The number of phenols is 2. The molecule has 0 saturated carbocycles. The molecule has 0 aliphatic heterocycles. The van der Waals surface area contributed by atoms with Crippen molar-refractivity contribution in [2.24, 2.45) is 0 Å². The van der Waals surface area contributed by atoms with Crippen LogP contribution in [0, 0.1) is 6.92 Å². The van der Waals surface area contributed by atoms with E-state index in [1.807, 2.05) is 31.2 Å². The van der Waals surface area contributed by atoms with Gasteiger partial charge in [-0.25, -0.2) is 0 Å². The third kappa shape index (κ3) is 21.1. The maximum atomic E-state index is 10.9. The Labute approximate surface area is 356 Å². The van der Waals surface area contributed by atoms with E-state index in [1.165, 1.54) is 69.4 Å². The molecule has 0 bridgehead atoms. The SMILES string of the molecule is CC(C)=CCC/C(C)=C\CC/C(C)=C/CC/C(C)=C\CC/C(C)=C/CC/C(C)=C/CC/C(C)=C/CC/C(C)=C/CC/C(C)=C\Cc1c(C)c(O)c2ccccc2c1O. The van der Waals surface area contributed by atoms with E-state index in [9.17, 15) is 10.2 Å². The largest absolute Gasteiger partial charge is 0.507 e. The van der Waals surface area contributed by atoms with Crippen LogP contribution in [0.2, 0.25) is 0 Å². The summed E-state index contributed by atoms with van der Waals surface area (Å²) in [4.78, 5) is 0. The normalized spacial score (nSPS) is 14.2. The van der Waals surface area contributed by atoms with Crippen molar-refractivity contribution in [2.75, 3.05) is 0 Å². The molecule has 0 radical (unpaired) electrons. The zero-order valence-corrected chi connectivity index (χ0v) is 38.9. The molecule has 2 aromatic carbocycles. The molecule has 2 aromatic rings. The average molecular weight is 787 g/mol. The maximum Gasteiger partial charge on any atom is 0.127 e. The number of hydrogen-bond acceptors (Lipinski definition) is 2. The first-order valence-corrected chi connectivity index (χ1v) is 22.5. The molecule has 0 amide bonds. The number of fused-ring (bicyclic) bond motifs is 1. The van der Waals surface area contributed by atoms with Gasteiger partial charge in [-0.05, 0) is 191 Å². The standard InChI is InChI=1S/C56H82O2/c1-42(2)22-14-23-43(3)24-15-25-44(4)26-16-27-45(5)28-17-29-46(6)30-18-31-47(7)32-19-33-48(8)34-20-35-49(9)36-21-37-50(10)40-41-52-51(11)55(57)53-38-12-13-39-54(53)56(52)58/h12-13,22,24,26,28,30,32,34,36,38-40,57-58H,14-21,23,25,27,29,31,33,35,37,41H2,1-11H3/b43-24-,44-26+,45-28-,46-30+,47-32+,48-34+,49-36+,50-40-. The lowest BCUT2D eigenvalue weighted by Gasteiger charge is -2.13. The number of rotatable bonds is 26. The van der Waals surface area contributed by atoms with E-state index in [0.717, 1.165) is 94.6 Å². The van der Waals surface area contributed by atoms with Gasteiger partial charge in [-0.3, -0.25) is 0 Å². The van der Waals surface area contributed by atoms with Gasteiger partial charge in [0, 0.05) is 16.3 Å². The molecule has 0 spiro atoms. The Morgan fingerprint density at radius 3 is 0.931 bits per heavy atom. The van der Waals surface area contributed by atoms with E-state index in [1.54, 1.807) is 0 Å². The van der Waals surface area contributed by atoms with Crippen molar-refractivity contribution in [3.63, 3.8) is 0 Å². The predicted molar refractivity (Wildman–Crippen MR) is 259 cm³/mol. The van der Waals surface area contributed by atoms with E-state index >= 15 is 0 Å². The van der Waals surface area contributed by atoms with Crippen molar-refractivity contribution in [3.8, 4) is 11.5 Å². The van der Waals surface area contributed by atoms with E-state index in [0.29, 0.717) is 17.2 Å². The minimum atomic E-state index is 0.267. The Balaban J connectivity index is 1.61. The van der Waals surface area contributed by atoms with Gasteiger partial charge in [0.2, 0.25) is 0 Å². The lowest BCUT2D eigenvalue weighted by molar-refractivity contribution is 0.461. The quantitative estimate of drug-likeness (QED) is 0.0736. The fourth-order valence-electron chi connectivity index (χ4n) is 7.34. The van der Waals surface area contributed by atoms with E-state index in [2.05, 4.69) is 124 Å². The number of aromatic hydroxyl groups is 2. The van der Waals surface area contributed by atoms with Crippen LogP contribution in [0.5, 0.6) is 11.5 Å². The molecule has 0 fully saturated rings. The highest BCUT2D eigenvalue weighted by Gasteiger charge is 2.14.